The zero-order valence-electron chi connectivity index (χ0n) is 18.5. The number of amides is 1. The van der Waals surface area contributed by atoms with E-state index >= 15 is 0 Å². The quantitative estimate of drug-likeness (QED) is 0.416. The Bertz CT molecular complexity index is 1360. The molecule has 4 aromatic rings. The zero-order chi connectivity index (χ0) is 23.5. The third-order valence-electron chi connectivity index (χ3n) is 6.03. The lowest BCUT2D eigenvalue weighted by Gasteiger charge is -2.12. The standard InChI is InChI=1S/C27H23FN4O2/c28-22-15-14-19(26-31-30-24-13-5-2-8-16-32(24)26)17-23(22)29-27(34)21-12-7-6-11-20(21)25(33)18-9-3-1-4-10-18/h1,3-4,6-7,9-12,14-15,17H,2,5,8,13,16H2,(H,29,34). The van der Waals surface area contributed by atoms with Crippen molar-refractivity contribution in [1.29, 1.82) is 0 Å². The first kappa shape index (κ1) is 21.7. The molecule has 0 unspecified atom stereocenters. The van der Waals surface area contributed by atoms with E-state index in [9.17, 15) is 14.0 Å². The van der Waals surface area contributed by atoms with Gasteiger partial charge in [0.1, 0.15) is 11.6 Å². The molecular formula is C27H23FN4O2. The van der Waals surface area contributed by atoms with Crippen molar-refractivity contribution < 1.29 is 14.0 Å². The van der Waals surface area contributed by atoms with E-state index < -0.39 is 11.7 Å². The molecule has 3 aromatic carbocycles. The van der Waals surface area contributed by atoms with Crippen LogP contribution in [0.3, 0.4) is 0 Å². The molecule has 1 N–H and O–H groups in total. The fourth-order valence-electron chi connectivity index (χ4n) is 4.27. The summed E-state index contributed by atoms with van der Waals surface area (Å²) in [6, 6.07) is 19.8. The fourth-order valence-corrected chi connectivity index (χ4v) is 4.27. The number of fused-ring (bicyclic) bond motifs is 1. The maximum absolute atomic E-state index is 14.7. The van der Waals surface area contributed by atoms with Gasteiger partial charge in [0, 0.05) is 29.7 Å². The van der Waals surface area contributed by atoms with Gasteiger partial charge in [-0.15, -0.1) is 10.2 Å². The van der Waals surface area contributed by atoms with Crippen LogP contribution in [0.2, 0.25) is 0 Å². The van der Waals surface area contributed by atoms with Crippen molar-refractivity contribution in [2.45, 2.75) is 32.2 Å². The second kappa shape index (κ2) is 9.39. The van der Waals surface area contributed by atoms with Crippen molar-refractivity contribution in [1.82, 2.24) is 14.8 Å². The lowest BCUT2D eigenvalue weighted by Crippen LogP contribution is -2.17. The number of hydrogen-bond acceptors (Lipinski definition) is 4. The minimum Gasteiger partial charge on any atom is -0.319 e. The van der Waals surface area contributed by atoms with Gasteiger partial charge in [-0.25, -0.2) is 4.39 Å². The highest BCUT2D eigenvalue weighted by atomic mass is 19.1. The van der Waals surface area contributed by atoms with Crippen LogP contribution in [0.5, 0.6) is 0 Å². The minimum atomic E-state index is -0.570. The van der Waals surface area contributed by atoms with Gasteiger partial charge in [0.05, 0.1) is 11.3 Å². The molecule has 6 nitrogen and oxygen atoms in total. The first-order chi connectivity index (χ1) is 16.6. The molecule has 1 aliphatic rings. The number of ketones is 1. The zero-order valence-corrected chi connectivity index (χ0v) is 18.5. The van der Waals surface area contributed by atoms with E-state index in [4.69, 9.17) is 0 Å². The number of carbonyl (C=O) groups is 2. The van der Waals surface area contributed by atoms with E-state index in [1.54, 1.807) is 60.7 Å². The number of nitrogens with zero attached hydrogens (tertiary/aromatic N) is 3. The average molecular weight is 455 g/mol. The monoisotopic (exact) mass is 454 g/mol. The van der Waals surface area contributed by atoms with Gasteiger partial charge in [-0.05, 0) is 37.1 Å². The van der Waals surface area contributed by atoms with Crippen molar-refractivity contribution >= 4 is 17.4 Å². The molecule has 0 saturated heterocycles. The molecule has 5 rings (SSSR count). The number of halogens is 1. The average Bonchev–Trinajstić information content (AvgIpc) is 3.13. The van der Waals surface area contributed by atoms with Crippen LogP contribution in [-0.2, 0) is 13.0 Å². The fraction of sp³-hybridized carbons (Fsp3) is 0.185. The number of anilines is 1. The van der Waals surface area contributed by atoms with Crippen LogP contribution in [0.25, 0.3) is 11.4 Å². The first-order valence-electron chi connectivity index (χ1n) is 11.3. The Labute approximate surface area is 196 Å². The number of hydrogen-bond donors (Lipinski definition) is 1. The van der Waals surface area contributed by atoms with Crippen molar-refractivity contribution in [3.63, 3.8) is 0 Å². The summed E-state index contributed by atoms with van der Waals surface area (Å²) in [7, 11) is 0. The predicted molar refractivity (Wildman–Crippen MR) is 127 cm³/mol. The third-order valence-corrected chi connectivity index (χ3v) is 6.03. The van der Waals surface area contributed by atoms with Gasteiger partial charge in [0.25, 0.3) is 5.91 Å². The van der Waals surface area contributed by atoms with E-state index in [1.807, 2.05) is 6.07 Å². The van der Waals surface area contributed by atoms with Gasteiger partial charge in [-0.3, -0.25) is 9.59 Å². The predicted octanol–water partition coefficient (Wildman–Crippen LogP) is 5.29. The molecule has 0 saturated carbocycles. The minimum absolute atomic E-state index is 0.0236. The van der Waals surface area contributed by atoms with E-state index in [2.05, 4.69) is 20.1 Å². The Morgan fingerprint density at radius 1 is 0.853 bits per heavy atom. The topological polar surface area (TPSA) is 76.9 Å². The molecule has 0 fully saturated rings. The molecule has 1 amide bonds. The van der Waals surface area contributed by atoms with Crippen LogP contribution in [0.15, 0.2) is 72.8 Å². The van der Waals surface area contributed by atoms with E-state index in [-0.39, 0.29) is 22.6 Å². The first-order valence-corrected chi connectivity index (χ1v) is 11.3. The highest BCUT2D eigenvalue weighted by Crippen LogP contribution is 2.27. The number of aryl methyl sites for hydroxylation is 1. The third kappa shape index (κ3) is 4.24. The molecular weight excluding hydrogens is 431 g/mol. The van der Waals surface area contributed by atoms with Gasteiger partial charge in [-0.2, -0.15) is 0 Å². The Kier molecular flexibility index (Phi) is 5.99. The van der Waals surface area contributed by atoms with Crippen LogP contribution in [-0.4, -0.2) is 26.5 Å². The van der Waals surface area contributed by atoms with Crippen molar-refractivity contribution in [2.75, 3.05) is 5.32 Å². The molecule has 0 radical (unpaired) electrons. The van der Waals surface area contributed by atoms with E-state index in [0.717, 1.165) is 38.1 Å². The van der Waals surface area contributed by atoms with Crippen LogP contribution in [0.1, 0.15) is 51.4 Å². The van der Waals surface area contributed by atoms with E-state index in [1.165, 1.54) is 6.07 Å². The number of rotatable bonds is 5. The normalized spacial score (nSPS) is 13.1. The molecule has 7 heteroatoms. The summed E-state index contributed by atoms with van der Waals surface area (Å²) in [5.74, 6) is 0.185. The highest BCUT2D eigenvalue weighted by Gasteiger charge is 2.21. The largest absolute Gasteiger partial charge is 0.319 e. The molecule has 1 aromatic heterocycles. The van der Waals surface area contributed by atoms with Gasteiger partial charge in [0.15, 0.2) is 11.6 Å². The smallest absolute Gasteiger partial charge is 0.256 e. The highest BCUT2D eigenvalue weighted by molar-refractivity contribution is 6.17. The summed E-state index contributed by atoms with van der Waals surface area (Å²) >= 11 is 0. The summed E-state index contributed by atoms with van der Waals surface area (Å²) in [4.78, 5) is 26.1. The lowest BCUT2D eigenvalue weighted by atomic mass is 9.98. The summed E-state index contributed by atoms with van der Waals surface area (Å²) in [5.41, 5.74) is 1.60. The molecule has 0 bridgehead atoms. The summed E-state index contributed by atoms with van der Waals surface area (Å²) < 4.78 is 16.8. The Balaban J connectivity index is 1.45. The summed E-state index contributed by atoms with van der Waals surface area (Å²) in [5, 5.41) is 11.3. The van der Waals surface area contributed by atoms with Crippen LogP contribution in [0.4, 0.5) is 10.1 Å². The van der Waals surface area contributed by atoms with Crippen LogP contribution < -0.4 is 5.32 Å². The second-order valence-corrected chi connectivity index (χ2v) is 8.29. The molecule has 34 heavy (non-hydrogen) atoms. The lowest BCUT2D eigenvalue weighted by molar-refractivity contribution is 0.0996. The Hall–Kier alpha value is -4.13. The maximum atomic E-state index is 14.7. The Morgan fingerprint density at radius 2 is 1.62 bits per heavy atom. The number of benzene rings is 3. The number of nitrogens with one attached hydrogen (secondary N) is 1. The molecule has 0 aliphatic carbocycles. The molecule has 1 aliphatic heterocycles. The molecule has 0 spiro atoms. The second-order valence-electron chi connectivity index (χ2n) is 8.29. The SMILES string of the molecule is O=C(Nc1cc(-c2nnc3n2CCCCC3)ccc1F)c1ccccc1C(=O)c1ccccc1. The number of carbonyl (C=O) groups excluding carboxylic acids is 2. The number of aromatic nitrogens is 3. The van der Waals surface area contributed by atoms with E-state index in [0.29, 0.717) is 17.0 Å². The van der Waals surface area contributed by atoms with Gasteiger partial charge in [0.2, 0.25) is 0 Å². The Morgan fingerprint density at radius 3 is 2.44 bits per heavy atom. The molecule has 0 atom stereocenters. The van der Waals surface area contributed by atoms with Crippen molar-refractivity contribution in [3.8, 4) is 11.4 Å². The van der Waals surface area contributed by atoms with Crippen molar-refractivity contribution in [3.05, 3.63) is 101 Å². The summed E-state index contributed by atoms with van der Waals surface area (Å²) in [6.45, 7) is 0.811. The van der Waals surface area contributed by atoms with Gasteiger partial charge >= 0.3 is 0 Å². The van der Waals surface area contributed by atoms with Gasteiger partial charge < -0.3 is 9.88 Å². The summed E-state index contributed by atoms with van der Waals surface area (Å²) in [6.07, 6.45) is 4.11. The van der Waals surface area contributed by atoms with Crippen LogP contribution >= 0.6 is 0 Å². The maximum Gasteiger partial charge on any atom is 0.256 e. The van der Waals surface area contributed by atoms with Crippen molar-refractivity contribution in [2.24, 2.45) is 0 Å². The molecule has 2 heterocycles. The van der Waals surface area contributed by atoms with Crippen LogP contribution in [0, 0.1) is 5.82 Å². The molecule has 170 valence electrons. The van der Waals surface area contributed by atoms with Gasteiger partial charge in [-0.1, -0.05) is 55.0 Å².